The number of hydrogen-bond donors (Lipinski definition) is 1. The Kier molecular flexibility index (Phi) is 5.74. The smallest absolute Gasteiger partial charge is 0.140 e. The number of hydrogen-bond acceptors (Lipinski definition) is 3. The molecule has 2 rings (SSSR count). The maximum Gasteiger partial charge on any atom is 0.140 e. The third-order valence-corrected chi connectivity index (χ3v) is 3.12. The second kappa shape index (κ2) is 7.98. The number of phenolic OH excluding ortho intramolecular Hbond substituents is 1. The van der Waals surface area contributed by atoms with Crippen LogP contribution in [0.4, 0.5) is 4.39 Å². The minimum absolute atomic E-state index is 0.134. The maximum atomic E-state index is 13.8. The molecule has 0 heterocycles. The van der Waals surface area contributed by atoms with Gasteiger partial charge in [-0.1, -0.05) is 18.8 Å². The van der Waals surface area contributed by atoms with Crippen LogP contribution < -0.4 is 0 Å². The fraction of sp³-hybridized carbons (Fsp3) is 0.211. The fourth-order valence-corrected chi connectivity index (χ4v) is 1.97. The first-order valence-electron chi connectivity index (χ1n) is 7.25. The maximum absolute atomic E-state index is 13.8. The summed E-state index contributed by atoms with van der Waals surface area (Å²) >= 11 is 0. The van der Waals surface area contributed by atoms with Crippen LogP contribution in [0.2, 0.25) is 0 Å². The van der Waals surface area contributed by atoms with Crippen molar-refractivity contribution in [1.82, 2.24) is 0 Å². The summed E-state index contributed by atoms with van der Waals surface area (Å²) in [5.74, 6) is 5.26. The molecule has 0 unspecified atom stereocenters. The van der Waals surface area contributed by atoms with Crippen molar-refractivity contribution in [2.75, 3.05) is 6.61 Å². The minimum Gasteiger partial charge on any atom is -0.508 e. The quantitative estimate of drug-likeness (QED) is 0.691. The second-order valence-electron chi connectivity index (χ2n) is 4.95. The van der Waals surface area contributed by atoms with E-state index in [4.69, 9.17) is 10.00 Å². The molecule has 0 aliphatic carbocycles. The third kappa shape index (κ3) is 4.57. The molecule has 0 saturated heterocycles. The monoisotopic (exact) mass is 309 g/mol. The number of aromatic hydroxyl groups is 1. The van der Waals surface area contributed by atoms with Gasteiger partial charge in [0, 0.05) is 12.2 Å². The summed E-state index contributed by atoms with van der Waals surface area (Å²) < 4.78 is 19.3. The van der Waals surface area contributed by atoms with Crippen LogP contribution in [0, 0.1) is 29.0 Å². The zero-order valence-electron chi connectivity index (χ0n) is 12.8. The molecule has 0 radical (unpaired) electrons. The van der Waals surface area contributed by atoms with Crippen LogP contribution in [0.3, 0.4) is 0 Å². The highest BCUT2D eigenvalue weighted by Gasteiger charge is 2.04. The van der Waals surface area contributed by atoms with Gasteiger partial charge in [0.2, 0.25) is 0 Å². The lowest BCUT2D eigenvalue weighted by molar-refractivity contribution is 0.121. The average Bonchev–Trinajstić information content (AvgIpc) is 2.55. The molecule has 0 aromatic heterocycles. The van der Waals surface area contributed by atoms with Gasteiger partial charge in [-0.25, -0.2) is 4.39 Å². The Morgan fingerprint density at radius 1 is 1.13 bits per heavy atom. The normalized spacial score (nSPS) is 9.78. The molecule has 0 amide bonds. The summed E-state index contributed by atoms with van der Waals surface area (Å²) in [7, 11) is 0. The molecular formula is C19H16FNO2. The largest absolute Gasteiger partial charge is 0.508 e. The lowest BCUT2D eigenvalue weighted by atomic mass is 10.1. The molecule has 0 atom stereocenters. The molecule has 23 heavy (non-hydrogen) atoms. The predicted molar refractivity (Wildman–Crippen MR) is 85.1 cm³/mol. The molecule has 4 heteroatoms. The lowest BCUT2D eigenvalue weighted by Crippen LogP contribution is -1.97. The zero-order valence-corrected chi connectivity index (χ0v) is 12.8. The highest BCUT2D eigenvalue weighted by molar-refractivity contribution is 5.49. The first-order chi connectivity index (χ1) is 11.1. The van der Waals surface area contributed by atoms with E-state index in [9.17, 15) is 9.50 Å². The van der Waals surface area contributed by atoms with Crippen molar-refractivity contribution in [1.29, 1.82) is 5.26 Å². The molecule has 0 aliphatic rings. The van der Waals surface area contributed by atoms with Crippen molar-refractivity contribution in [3.63, 3.8) is 0 Å². The Bertz CT molecular complexity index is 797. The van der Waals surface area contributed by atoms with Gasteiger partial charge in [-0.05, 0) is 48.4 Å². The summed E-state index contributed by atoms with van der Waals surface area (Å²) in [5.41, 5.74) is 1.89. The topological polar surface area (TPSA) is 53.2 Å². The van der Waals surface area contributed by atoms with Crippen molar-refractivity contribution in [3.8, 4) is 23.7 Å². The van der Waals surface area contributed by atoms with E-state index in [0.29, 0.717) is 18.8 Å². The minimum atomic E-state index is -0.529. The van der Waals surface area contributed by atoms with Gasteiger partial charge in [0.15, 0.2) is 0 Å². The average molecular weight is 309 g/mol. The van der Waals surface area contributed by atoms with Crippen LogP contribution in [0.15, 0.2) is 36.4 Å². The summed E-state index contributed by atoms with van der Waals surface area (Å²) in [6.07, 6.45) is 0.899. The van der Waals surface area contributed by atoms with E-state index in [1.807, 2.05) is 13.0 Å². The third-order valence-electron chi connectivity index (χ3n) is 3.12. The zero-order chi connectivity index (χ0) is 16.7. The highest BCUT2D eigenvalue weighted by Crippen LogP contribution is 2.17. The molecule has 0 aliphatic heterocycles. The number of ether oxygens (including phenoxy) is 1. The molecule has 2 aromatic rings. The fourth-order valence-electron chi connectivity index (χ4n) is 1.97. The molecule has 0 bridgehead atoms. The van der Waals surface area contributed by atoms with Gasteiger partial charge in [0.05, 0.1) is 23.8 Å². The summed E-state index contributed by atoms with van der Waals surface area (Å²) in [6.45, 7) is 2.96. The van der Waals surface area contributed by atoms with E-state index in [1.54, 1.807) is 12.1 Å². The summed E-state index contributed by atoms with van der Waals surface area (Å²) in [5, 5.41) is 18.3. The van der Waals surface area contributed by atoms with Crippen LogP contribution in [0.1, 0.15) is 35.6 Å². The highest BCUT2D eigenvalue weighted by atomic mass is 19.1. The van der Waals surface area contributed by atoms with Crippen molar-refractivity contribution in [3.05, 3.63) is 64.5 Å². The van der Waals surface area contributed by atoms with Crippen LogP contribution in [0.25, 0.3) is 0 Å². The predicted octanol–water partition coefficient (Wildman–Crippen LogP) is 3.73. The van der Waals surface area contributed by atoms with Gasteiger partial charge in [-0.15, -0.1) is 0 Å². The standard InChI is InChI=1S/C19H16FNO2/c1-2-9-23-13-17-11-18(22)8-7-15(17)5-6-16-4-3-14(12-21)10-19(16)20/h3-4,7-8,10-11,22H,2,9,13H2,1H3. The summed E-state index contributed by atoms with van der Waals surface area (Å²) in [4.78, 5) is 0. The van der Waals surface area contributed by atoms with E-state index >= 15 is 0 Å². The lowest BCUT2D eigenvalue weighted by Gasteiger charge is -2.06. The number of nitrogens with zero attached hydrogens (tertiary/aromatic N) is 1. The Morgan fingerprint density at radius 3 is 2.57 bits per heavy atom. The first-order valence-corrected chi connectivity index (χ1v) is 7.25. The SMILES string of the molecule is CCCOCc1cc(O)ccc1C#Cc1ccc(C#N)cc1F. The van der Waals surface area contributed by atoms with Crippen LogP contribution in [0.5, 0.6) is 5.75 Å². The van der Waals surface area contributed by atoms with Gasteiger partial charge in [-0.3, -0.25) is 0 Å². The number of nitriles is 1. The van der Waals surface area contributed by atoms with Crippen LogP contribution in [-0.4, -0.2) is 11.7 Å². The molecule has 116 valence electrons. The van der Waals surface area contributed by atoms with Gasteiger partial charge < -0.3 is 9.84 Å². The van der Waals surface area contributed by atoms with E-state index < -0.39 is 5.82 Å². The summed E-state index contributed by atoms with van der Waals surface area (Å²) in [6, 6.07) is 10.8. The number of rotatable bonds is 4. The van der Waals surface area contributed by atoms with Gasteiger partial charge in [-0.2, -0.15) is 5.26 Å². The Labute approximate surface area is 135 Å². The van der Waals surface area contributed by atoms with Crippen molar-refractivity contribution < 1.29 is 14.2 Å². The molecule has 1 N–H and O–H groups in total. The molecule has 2 aromatic carbocycles. The van der Waals surface area contributed by atoms with Gasteiger partial charge in [0.25, 0.3) is 0 Å². The first kappa shape index (κ1) is 16.5. The van der Waals surface area contributed by atoms with Crippen molar-refractivity contribution >= 4 is 0 Å². The Balaban J connectivity index is 2.28. The molecule has 0 spiro atoms. The number of benzene rings is 2. The molecular weight excluding hydrogens is 293 g/mol. The molecule has 0 saturated carbocycles. The molecule has 0 fully saturated rings. The number of halogens is 1. The number of phenols is 1. The van der Waals surface area contributed by atoms with Crippen molar-refractivity contribution in [2.45, 2.75) is 20.0 Å². The Morgan fingerprint density at radius 2 is 1.87 bits per heavy atom. The Hall–Kier alpha value is -2.82. The van der Waals surface area contributed by atoms with E-state index in [-0.39, 0.29) is 16.9 Å². The van der Waals surface area contributed by atoms with E-state index in [1.165, 1.54) is 18.2 Å². The van der Waals surface area contributed by atoms with Gasteiger partial charge >= 0.3 is 0 Å². The van der Waals surface area contributed by atoms with E-state index in [2.05, 4.69) is 11.8 Å². The van der Waals surface area contributed by atoms with Crippen LogP contribution in [-0.2, 0) is 11.3 Å². The van der Waals surface area contributed by atoms with Crippen molar-refractivity contribution in [2.24, 2.45) is 0 Å². The van der Waals surface area contributed by atoms with Gasteiger partial charge in [0.1, 0.15) is 11.6 Å². The molecule has 3 nitrogen and oxygen atoms in total. The second-order valence-corrected chi connectivity index (χ2v) is 4.95. The van der Waals surface area contributed by atoms with E-state index in [0.717, 1.165) is 18.1 Å². The van der Waals surface area contributed by atoms with Crippen LogP contribution >= 0.6 is 0 Å².